The van der Waals surface area contributed by atoms with E-state index < -0.39 is 5.97 Å². The molecule has 0 saturated carbocycles. The molecule has 7 N–H and O–H groups in total. The molecule has 3 aromatic rings. The van der Waals surface area contributed by atoms with Crippen molar-refractivity contribution in [2.24, 2.45) is 27.2 Å². The third-order valence-corrected chi connectivity index (χ3v) is 4.13. The summed E-state index contributed by atoms with van der Waals surface area (Å²) in [6.45, 7) is 3.85. The predicted molar refractivity (Wildman–Crippen MR) is 111 cm³/mol. The van der Waals surface area contributed by atoms with Crippen LogP contribution in [0.1, 0.15) is 21.5 Å². The average Bonchev–Trinajstić information content (AvgIpc) is 2.60. The minimum absolute atomic E-state index is 0.0595. The number of carboxylic acids is 1. The molecular weight excluding hydrogens is 356 g/mol. The van der Waals surface area contributed by atoms with E-state index in [-0.39, 0.29) is 17.5 Å². The minimum Gasteiger partial charge on any atom is -0.478 e. The van der Waals surface area contributed by atoms with Gasteiger partial charge in [-0.1, -0.05) is 23.8 Å². The molecule has 8 heteroatoms. The number of carboxylic acid groups (broad SMARTS) is 1. The number of aliphatic imine (C=N–C) groups is 2. The first-order chi connectivity index (χ1) is 13.2. The first kappa shape index (κ1) is 18.8. The molecule has 0 spiro atoms. The van der Waals surface area contributed by atoms with Crippen molar-refractivity contribution in [1.29, 1.82) is 0 Å². The second kappa shape index (κ2) is 7.36. The Morgan fingerprint density at radius 2 is 1.71 bits per heavy atom. The van der Waals surface area contributed by atoms with Crippen LogP contribution in [-0.4, -0.2) is 28.0 Å². The van der Waals surface area contributed by atoms with Crippen molar-refractivity contribution in [3.63, 3.8) is 0 Å². The number of benzene rings is 2. The molecule has 28 heavy (non-hydrogen) atoms. The fraction of sp³-hybridized carbons (Fsp3) is 0.100. The van der Waals surface area contributed by atoms with Gasteiger partial charge < -0.3 is 22.3 Å². The van der Waals surface area contributed by atoms with Crippen LogP contribution in [0.15, 0.2) is 52.4 Å². The molecule has 2 aromatic carbocycles. The summed E-state index contributed by atoms with van der Waals surface area (Å²) in [7, 11) is 0. The molecule has 0 aliphatic heterocycles. The molecular formula is C20H20N6O2. The highest BCUT2D eigenvalue weighted by molar-refractivity contribution is 6.04. The number of nitrogens with two attached hydrogens (primary N) is 3. The van der Waals surface area contributed by atoms with Gasteiger partial charge in [-0.15, -0.1) is 0 Å². The summed E-state index contributed by atoms with van der Waals surface area (Å²) >= 11 is 0. The highest BCUT2D eigenvalue weighted by atomic mass is 16.4. The third kappa shape index (κ3) is 3.90. The van der Waals surface area contributed by atoms with Gasteiger partial charge in [0.15, 0.2) is 5.96 Å². The molecule has 142 valence electrons. The lowest BCUT2D eigenvalue weighted by atomic mass is 10.00. The maximum atomic E-state index is 11.8. The molecule has 1 heterocycles. The number of rotatable bonds is 3. The van der Waals surface area contributed by atoms with E-state index in [1.807, 2.05) is 26.0 Å². The van der Waals surface area contributed by atoms with Crippen LogP contribution >= 0.6 is 0 Å². The largest absolute Gasteiger partial charge is 0.478 e. The topological polar surface area (TPSA) is 153 Å². The summed E-state index contributed by atoms with van der Waals surface area (Å²) in [5, 5.41) is 10.3. The number of aromatic carboxylic acids is 1. The maximum Gasteiger partial charge on any atom is 0.336 e. The van der Waals surface area contributed by atoms with E-state index in [9.17, 15) is 9.90 Å². The molecule has 0 fully saturated rings. The quantitative estimate of drug-likeness (QED) is 0.407. The molecule has 0 saturated heterocycles. The van der Waals surface area contributed by atoms with Gasteiger partial charge >= 0.3 is 5.97 Å². The molecule has 0 aliphatic carbocycles. The summed E-state index contributed by atoms with van der Waals surface area (Å²) in [4.78, 5) is 24.2. The van der Waals surface area contributed by atoms with Gasteiger partial charge in [0.1, 0.15) is 0 Å². The van der Waals surface area contributed by atoms with E-state index in [1.54, 1.807) is 30.3 Å². The van der Waals surface area contributed by atoms with Gasteiger partial charge in [-0.05, 0) is 43.7 Å². The van der Waals surface area contributed by atoms with Gasteiger partial charge in [-0.25, -0.2) is 14.8 Å². The monoisotopic (exact) mass is 376 g/mol. The van der Waals surface area contributed by atoms with Crippen LogP contribution in [0.5, 0.6) is 0 Å². The number of pyridine rings is 1. The Bertz CT molecular complexity index is 1130. The summed E-state index contributed by atoms with van der Waals surface area (Å²) < 4.78 is 0. The standard InChI is InChI=1S/C20H20N6O2/c1-10-7-11(2)17-14(8-10)15(18(27)28)9-16(25-17)12-3-5-13(6-4-12)24-20(23)26-19(21)22/h3-9H,1-2H3,(H,27,28)(H6,21,22,23,24,26). The fourth-order valence-electron chi connectivity index (χ4n) is 3.00. The summed E-state index contributed by atoms with van der Waals surface area (Å²) in [6, 6.07) is 12.4. The number of hydrogen-bond acceptors (Lipinski definition) is 3. The van der Waals surface area contributed by atoms with Gasteiger partial charge in [-0.3, -0.25) is 0 Å². The van der Waals surface area contributed by atoms with Gasteiger partial charge in [-0.2, -0.15) is 4.99 Å². The lowest BCUT2D eigenvalue weighted by molar-refractivity contribution is 0.0699. The summed E-state index contributed by atoms with van der Waals surface area (Å²) in [5.74, 6) is -1.23. The Hall–Kier alpha value is -3.94. The number of fused-ring (bicyclic) bond motifs is 1. The van der Waals surface area contributed by atoms with Gasteiger partial charge in [0.2, 0.25) is 5.96 Å². The van der Waals surface area contributed by atoms with Crippen molar-refractivity contribution in [3.8, 4) is 11.3 Å². The molecule has 0 bridgehead atoms. The van der Waals surface area contributed by atoms with E-state index in [1.165, 1.54) is 0 Å². The maximum absolute atomic E-state index is 11.8. The van der Waals surface area contributed by atoms with Crippen LogP contribution < -0.4 is 17.2 Å². The molecule has 0 radical (unpaired) electrons. The fourth-order valence-corrected chi connectivity index (χ4v) is 3.00. The van der Waals surface area contributed by atoms with Crippen molar-refractivity contribution < 1.29 is 9.90 Å². The van der Waals surface area contributed by atoms with E-state index >= 15 is 0 Å². The average molecular weight is 376 g/mol. The SMILES string of the molecule is Cc1cc(C)c2nc(-c3ccc(N=C(N)N=C(N)N)cc3)cc(C(=O)O)c2c1. The van der Waals surface area contributed by atoms with Crippen molar-refractivity contribution in [1.82, 2.24) is 4.98 Å². The summed E-state index contributed by atoms with van der Waals surface area (Å²) in [5.41, 5.74) is 20.8. The van der Waals surface area contributed by atoms with Crippen molar-refractivity contribution >= 4 is 34.5 Å². The predicted octanol–water partition coefficient (Wildman–Crippen LogP) is 2.44. The van der Waals surface area contributed by atoms with E-state index in [0.29, 0.717) is 22.3 Å². The molecule has 0 aliphatic rings. The van der Waals surface area contributed by atoms with Crippen LogP contribution in [0.2, 0.25) is 0 Å². The second-order valence-corrected chi connectivity index (χ2v) is 6.39. The van der Waals surface area contributed by atoms with Gasteiger partial charge in [0.25, 0.3) is 0 Å². The Labute approximate surface area is 161 Å². The van der Waals surface area contributed by atoms with Gasteiger partial charge in [0, 0.05) is 10.9 Å². The number of hydrogen-bond donors (Lipinski definition) is 4. The molecule has 0 atom stereocenters. The van der Waals surface area contributed by atoms with Crippen molar-refractivity contribution in [2.75, 3.05) is 0 Å². The third-order valence-electron chi connectivity index (χ3n) is 4.13. The zero-order valence-electron chi connectivity index (χ0n) is 15.5. The Morgan fingerprint density at radius 1 is 1.04 bits per heavy atom. The van der Waals surface area contributed by atoms with E-state index in [2.05, 4.69) is 15.0 Å². The van der Waals surface area contributed by atoms with Crippen LogP contribution in [-0.2, 0) is 0 Å². The smallest absolute Gasteiger partial charge is 0.336 e. The van der Waals surface area contributed by atoms with Crippen LogP contribution in [0.25, 0.3) is 22.2 Å². The molecule has 0 unspecified atom stereocenters. The van der Waals surface area contributed by atoms with Crippen molar-refractivity contribution in [3.05, 3.63) is 59.2 Å². The van der Waals surface area contributed by atoms with Crippen molar-refractivity contribution in [2.45, 2.75) is 13.8 Å². The lowest BCUT2D eigenvalue weighted by Gasteiger charge is -2.10. The highest BCUT2D eigenvalue weighted by Crippen LogP contribution is 2.29. The highest BCUT2D eigenvalue weighted by Gasteiger charge is 2.15. The molecule has 8 nitrogen and oxygen atoms in total. The number of aromatic nitrogens is 1. The lowest BCUT2D eigenvalue weighted by Crippen LogP contribution is -2.26. The number of nitrogens with zero attached hydrogens (tertiary/aromatic N) is 3. The second-order valence-electron chi connectivity index (χ2n) is 6.39. The van der Waals surface area contributed by atoms with E-state index in [0.717, 1.165) is 16.7 Å². The zero-order valence-corrected chi connectivity index (χ0v) is 15.5. The number of guanidine groups is 2. The van der Waals surface area contributed by atoms with Crippen LogP contribution in [0, 0.1) is 13.8 Å². The van der Waals surface area contributed by atoms with Gasteiger partial charge in [0.05, 0.1) is 22.5 Å². The summed E-state index contributed by atoms with van der Waals surface area (Å²) in [6.07, 6.45) is 0. The van der Waals surface area contributed by atoms with E-state index in [4.69, 9.17) is 17.2 Å². The Balaban J connectivity index is 2.09. The number of aryl methyl sites for hydroxylation is 2. The molecule has 3 rings (SSSR count). The molecule has 0 amide bonds. The molecule has 1 aromatic heterocycles. The normalized spacial score (nSPS) is 11.4. The number of carbonyl (C=O) groups is 1. The first-order valence-corrected chi connectivity index (χ1v) is 8.44. The Kier molecular flexibility index (Phi) is 4.95. The zero-order chi connectivity index (χ0) is 20.4. The van der Waals surface area contributed by atoms with Crippen LogP contribution in [0.3, 0.4) is 0 Å². The van der Waals surface area contributed by atoms with Crippen LogP contribution in [0.4, 0.5) is 5.69 Å². The minimum atomic E-state index is -0.995. The first-order valence-electron chi connectivity index (χ1n) is 8.44. The Morgan fingerprint density at radius 3 is 2.32 bits per heavy atom.